The Labute approximate surface area is 96.4 Å². The maximum atomic E-state index is 11.5. The number of carbonyl (C=O) groups excluding carboxylic acids is 1. The molecule has 0 fully saturated rings. The van der Waals surface area contributed by atoms with E-state index in [-0.39, 0.29) is 11.4 Å². The monoisotopic (exact) mass is 224 g/mol. The van der Waals surface area contributed by atoms with Gasteiger partial charge in [0.05, 0.1) is 13.1 Å². The van der Waals surface area contributed by atoms with Crippen molar-refractivity contribution < 1.29 is 9.21 Å². The lowest BCUT2D eigenvalue weighted by Crippen LogP contribution is -2.43. The Kier molecular flexibility index (Phi) is 4.12. The molecular weight excluding hydrogens is 204 g/mol. The van der Waals surface area contributed by atoms with E-state index in [1.54, 1.807) is 0 Å². The molecule has 0 aromatic carbocycles. The Morgan fingerprint density at radius 2 is 2.06 bits per heavy atom. The summed E-state index contributed by atoms with van der Waals surface area (Å²) in [5.74, 6) is 1.61. The molecule has 0 saturated carbocycles. The molecule has 4 nitrogen and oxygen atoms in total. The van der Waals surface area contributed by atoms with Gasteiger partial charge in [-0.2, -0.15) is 0 Å². The second-order valence-electron chi connectivity index (χ2n) is 4.89. The molecule has 1 rings (SSSR count). The number of furan rings is 1. The Balaban J connectivity index is 2.25. The zero-order valence-corrected chi connectivity index (χ0v) is 10.4. The molecule has 0 bridgehead atoms. The first-order valence-corrected chi connectivity index (χ1v) is 5.44. The Hall–Kier alpha value is -1.29. The van der Waals surface area contributed by atoms with Crippen molar-refractivity contribution in [1.29, 1.82) is 0 Å². The normalized spacial score (nSPS) is 11.5. The van der Waals surface area contributed by atoms with Crippen LogP contribution in [0.5, 0.6) is 0 Å². The molecule has 16 heavy (non-hydrogen) atoms. The van der Waals surface area contributed by atoms with Crippen molar-refractivity contribution in [3.05, 3.63) is 23.7 Å². The molecule has 90 valence electrons. The topological polar surface area (TPSA) is 54.3 Å². The summed E-state index contributed by atoms with van der Waals surface area (Å²) in [6.45, 7) is 8.72. The third-order valence-corrected chi connectivity index (χ3v) is 2.04. The first-order chi connectivity index (χ1) is 7.37. The van der Waals surface area contributed by atoms with Crippen molar-refractivity contribution in [1.82, 2.24) is 10.6 Å². The molecule has 0 aliphatic rings. The summed E-state index contributed by atoms with van der Waals surface area (Å²) in [6, 6.07) is 3.75. The molecule has 1 aromatic rings. The van der Waals surface area contributed by atoms with Crippen LogP contribution in [0.15, 0.2) is 16.5 Å². The van der Waals surface area contributed by atoms with E-state index in [1.165, 1.54) is 0 Å². The summed E-state index contributed by atoms with van der Waals surface area (Å²) in [7, 11) is 0. The van der Waals surface area contributed by atoms with Crippen LogP contribution in [0.1, 0.15) is 32.3 Å². The summed E-state index contributed by atoms with van der Waals surface area (Å²) in [6.07, 6.45) is 0. The standard InChI is InChI=1S/C12H20N2O2/c1-9-5-6-10(16-9)7-13-11(15)8-14-12(2,3)4/h5-6,14H,7-8H2,1-4H3,(H,13,15). The van der Waals surface area contributed by atoms with Crippen LogP contribution in [0.3, 0.4) is 0 Å². The Morgan fingerprint density at radius 3 is 2.56 bits per heavy atom. The molecule has 0 aliphatic carbocycles. The molecule has 4 heteroatoms. The van der Waals surface area contributed by atoms with Crippen LogP contribution in [-0.4, -0.2) is 18.0 Å². The van der Waals surface area contributed by atoms with E-state index in [0.29, 0.717) is 13.1 Å². The molecule has 0 spiro atoms. The van der Waals surface area contributed by atoms with Gasteiger partial charge in [0.2, 0.25) is 5.91 Å². The van der Waals surface area contributed by atoms with Gasteiger partial charge in [-0.1, -0.05) is 0 Å². The fourth-order valence-corrected chi connectivity index (χ4v) is 1.17. The number of rotatable bonds is 4. The lowest BCUT2D eigenvalue weighted by Gasteiger charge is -2.19. The highest BCUT2D eigenvalue weighted by atomic mass is 16.3. The second-order valence-corrected chi connectivity index (χ2v) is 4.89. The number of aryl methyl sites for hydroxylation is 1. The largest absolute Gasteiger partial charge is 0.465 e. The summed E-state index contributed by atoms with van der Waals surface area (Å²) in [5.41, 5.74) is -0.0430. The molecule has 0 aliphatic heterocycles. The minimum Gasteiger partial charge on any atom is -0.465 e. The van der Waals surface area contributed by atoms with E-state index in [0.717, 1.165) is 11.5 Å². The molecular formula is C12H20N2O2. The fourth-order valence-electron chi connectivity index (χ4n) is 1.17. The number of hydrogen-bond donors (Lipinski definition) is 2. The fraction of sp³-hybridized carbons (Fsp3) is 0.583. The van der Waals surface area contributed by atoms with E-state index in [2.05, 4.69) is 10.6 Å². The van der Waals surface area contributed by atoms with Crippen molar-refractivity contribution >= 4 is 5.91 Å². The lowest BCUT2D eigenvalue weighted by molar-refractivity contribution is -0.120. The SMILES string of the molecule is Cc1ccc(CNC(=O)CNC(C)(C)C)o1. The number of nitrogens with one attached hydrogen (secondary N) is 2. The van der Waals surface area contributed by atoms with Crippen LogP contribution in [0.2, 0.25) is 0 Å². The molecule has 2 N–H and O–H groups in total. The average molecular weight is 224 g/mol. The van der Waals surface area contributed by atoms with Gasteiger partial charge in [0.1, 0.15) is 11.5 Å². The van der Waals surface area contributed by atoms with Gasteiger partial charge in [0.25, 0.3) is 0 Å². The predicted molar refractivity (Wildman–Crippen MR) is 63.0 cm³/mol. The maximum absolute atomic E-state index is 11.5. The van der Waals surface area contributed by atoms with Gasteiger partial charge in [0, 0.05) is 5.54 Å². The van der Waals surface area contributed by atoms with Gasteiger partial charge < -0.3 is 15.1 Å². The van der Waals surface area contributed by atoms with Crippen LogP contribution in [-0.2, 0) is 11.3 Å². The smallest absolute Gasteiger partial charge is 0.234 e. The van der Waals surface area contributed by atoms with Gasteiger partial charge in [-0.05, 0) is 39.8 Å². The van der Waals surface area contributed by atoms with Crippen molar-refractivity contribution in [3.8, 4) is 0 Å². The van der Waals surface area contributed by atoms with Crippen LogP contribution in [0.4, 0.5) is 0 Å². The zero-order chi connectivity index (χ0) is 12.2. The van der Waals surface area contributed by atoms with Gasteiger partial charge in [-0.25, -0.2) is 0 Å². The Morgan fingerprint density at radius 1 is 1.38 bits per heavy atom. The lowest BCUT2D eigenvalue weighted by atomic mass is 10.1. The first-order valence-electron chi connectivity index (χ1n) is 5.44. The van der Waals surface area contributed by atoms with E-state index < -0.39 is 0 Å². The molecule has 0 unspecified atom stereocenters. The van der Waals surface area contributed by atoms with Gasteiger partial charge in [0.15, 0.2) is 0 Å². The van der Waals surface area contributed by atoms with Gasteiger partial charge >= 0.3 is 0 Å². The van der Waals surface area contributed by atoms with Crippen molar-refractivity contribution in [3.63, 3.8) is 0 Å². The maximum Gasteiger partial charge on any atom is 0.234 e. The highest BCUT2D eigenvalue weighted by Gasteiger charge is 2.11. The molecule has 0 radical (unpaired) electrons. The van der Waals surface area contributed by atoms with E-state index in [4.69, 9.17) is 4.42 Å². The van der Waals surface area contributed by atoms with Crippen molar-refractivity contribution in [2.24, 2.45) is 0 Å². The number of hydrogen-bond acceptors (Lipinski definition) is 3. The highest BCUT2D eigenvalue weighted by Crippen LogP contribution is 2.05. The van der Waals surface area contributed by atoms with E-state index in [1.807, 2.05) is 39.8 Å². The highest BCUT2D eigenvalue weighted by molar-refractivity contribution is 5.77. The number of carbonyl (C=O) groups is 1. The Bertz CT molecular complexity index is 350. The van der Waals surface area contributed by atoms with Crippen molar-refractivity contribution in [2.45, 2.75) is 39.8 Å². The molecule has 0 saturated heterocycles. The predicted octanol–water partition coefficient (Wildman–Crippen LogP) is 1.59. The van der Waals surface area contributed by atoms with Crippen LogP contribution in [0, 0.1) is 6.92 Å². The van der Waals surface area contributed by atoms with Gasteiger partial charge in [-0.3, -0.25) is 4.79 Å². The van der Waals surface area contributed by atoms with E-state index >= 15 is 0 Å². The van der Waals surface area contributed by atoms with Crippen LogP contribution in [0.25, 0.3) is 0 Å². The molecule has 1 heterocycles. The second kappa shape index (κ2) is 5.16. The third kappa shape index (κ3) is 4.98. The summed E-state index contributed by atoms with van der Waals surface area (Å²) in [5, 5.41) is 5.91. The number of amides is 1. The summed E-state index contributed by atoms with van der Waals surface area (Å²) < 4.78 is 5.34. The van der Waals surface area contributed by atoms with E-state index in [9.17, 15) is 4.79 Å². The molecule has 1 amide bonds. The van der Waals surface area contributed by atoms with Gasteiger partial charge in [-0.15, -0.1) is 0 Å². The molecule has 1 aromatic heterocycles. The van der Waals surface area contributed by atoms with Crippen LogP contribution < -0.4 is 10.6 Å². The minimum absolute atomic E-state index is 0.0241. The summed E-state index contributed by atoms with van der Waals surface area (Å²) in [4.78, 5) is 11.5. The van der Waals surface area contributed by atoms with Crippen molar-refractivity contribution in [2.75, 3.05) is 6.54 Å². The minimum atomic E-state index is -0.0430. The summed E-state index contributed by atoms with van der Waals surface area (Å²) >= 11 is 0. The molecule has 0 atom stereocenters. The quantitative estimate of drug-likeness (QED) is 0.816. The van der Waals surface area contributed by atoms with Crippen LogP contribution >= 0.6 is 0 Å². The average Bonchev–Trinajstić information content (AvgIpc) is 2.57. The first kappa shape index (κ1) is 12.8. The third-order valence-electron chi connectivity index (χ3n) is 2.04. The zero-order valence-electron chi connectivity index (χ0n) is 10.4.